The van der Waals surface area contributed by atoms with Gasteiger partial charge >= 0.3 is 0 Å². The molecule has 2 aliphatic rings. The monoisotopic (exact) mass is 260 g/mol. The van der Waals surface area contributed by atoms with Gasteiger partial charge in [-0.05, 0) is 18.6 Å². The second-order valence-electron chi connectivity index (χ2n) is 4.77. The Hall–Kier alpha value is -2.37. The second kappa shape index (κ2) is 4.08. The summed E-state index contributed by atoms with van der Waals surface area (Å²) in [7, 11) is 0. The van der Waals surface area contributed by atoms with Crippen LogP contribution in [-0.4, -0.2) is 28.7 Å². The zero-order valence-electron chi connectivity index (χ0n) is 10.2. The number of hydrogen-bond acceptors (Lipinski definition) is 4. The first-order valence-corrected chi connectivity index (χ1v) is 6.10. The van der Waals surface area contributed by atoms with Gasteiger partial charge in [0.2, 0.25) is 11.8 Å². The predicted molar refractivity (Wildman–Crippen MR) is 66.9 cm³/mol. The van der Waals surface area contributed by atoms with Crippen LogP contribution in [0.15, 0.2) is 18.2 Å². The van der Waals surface area contributed by atoms with Gasteiger partial charge in [0.25, 0.3) is 5.91 Å². The van der Waals surface area contributed by atoms with Crippen LogP contribution in [0.25, 0.3) is 0 Å². The van der Waals surface area contributed by atoms with Crippen molar-refractivity contribution < 1.29 is 14.4 Å². The molecule has 2 aliphatic heterocycles. The maximum atomic E-state index is 12.3. The highest BCUT2D eigenvalue weighted by Crippen LogP contribution is 2.30. The fraction of sp³-hybridized carbons (Fsp3) is 0.308. The van der Waals surface area contributed by atoms with E-state index in [1.54, 1.807) is 18.2 Å². The van der Waals surface area contributed by atoms with Gasteiger partial charge < -0.3 is 10.6 Å². The van der Waals surface area contributed by atoms with E-state index in [0.29, 0.717) is 24.2 Å². The Labute approximate surface area is 109 Å². The lowest BCUT2D eigenvalue weighted by molar-refractivity contribution is -0.136. The molecule has 0 aromatic heterocycles. The Morgan fingerprint density at radius 2 is 2.05 bits per heavy atom. The number of imide groups is 1. The van der Waals surface area contributed by atoms with E-state index in [2.05, 4.69) is 5.32 Å². The van der Waals surface area contributed by atoms with Crippen molar-refractivity contribution in [1.82, 2.24) is 10.2 Å². The number of nitrogen functional groups attached to an aromatic ring is 1. The van der Waals surface area contributed by atoms with Crippen LogP contribution in [0.4, 0.5) is 5.69 Å². The second-order valence-corrected chi connectivity index (χ2v) is 4.77. The van der Waals surface area contributed by atoms with Crippen molar-refractivity contribution in [1.29, 1.82) is 0 Å². The Kier molecular flexibility index (Phi) is 2.51. The quantitative estimate of drug-likeness (QED) is 0.423. The number of amides is 3. The van der Waals surface area contributed by atoms with Gasteiger partial charge in [0, 0.05) is 29.8 Å². The van der Waals surface area contributed by atoms with Crippen LogP contribution in [0.1, 0.15) is 28.8 Å². The molecule has 0 radical (unpaired) electrons. The minimum atomic E-state index is -0.586. The van der Waals surface area contributed by atoms with Gasteiger partial charge in [-0.2, -0.15) is 0 Å². The molecular weight excluding hydrogens is 247 g/mol. The number of carbonyl (C=O) groups excluding carboxylic acids is 3. The summed E-state index contributed by atoms with van der Waals surface area (Å²) < 4.78 is 0. The molecule has 3 N–H and O–H groups in total. The SMILES string of the molecule is Nc1cccc2c1CN(C1[13CH2]CC(=O)NC1=O)C2=O. The van der Waals surface area contributed by atoms with Crippen LogP contribution in [-0.2, 0) is 16.1 Å². The van der Waals surface area contributed by atoms with Crippen LogP contribution < -0.4 is 11.1 Å². The molecular formula is C13H13N3O3. The summed E-state index contributed by atoms with van der Waals surface area (Å²) >= 11 is 0. The summed E-state index contributed by atoms with van der Waals surface area (Å²) in [5, 5.41) is 2.27. The highest BCUT2D eigenvalue weighted by Gasteiger charge is 2.39. The molecule has 1 saturated heterocycles. The summed E-state index contributed by atoms with van der Waals surface area (Å²) in [4.78, 5) is 36.7. The molecule has 0 bridgehead atoms. The Bertz CT molecular complexity index is 597. The highest BCUT2D eigenvalue weighted by molar-refractivity contribution is 6.06. The summed E-state index contributed by atoms with van der Waals surface area (Å²) in [6, 6.07) is 4.58. The van der Waals surface area contributed by atoms with Crippen molar-refractivity contribution in [2.45, 2.75) is 25.4 Å². The molecule has 1 atom stereocenters. The molecule has 3 rings (SSSR count). The third kappa shape index (κ3) is 1.76. The van der Waals surface area contributed by atoms with Crippen molar-refractivity contribution in [3.8, 4) is 0 Å². The van der Waals surface area contributed by atoms with E-state index in [9.17, 15) is 14.4 Å². The van der Waals surface area contributed by atoms with E-state index in [4.69, 9.17) is 5.73 Å². The van der Waals surface area contributed by atoms with Crippen molar-refractivity contribution in [2.24, 2.45) is 0 Å². The Balaban J connectivity index is 1.90. The molecule has 0 saturated carbocycles. The third-order valence-electron chi connectivity index (χ3n) is 3.62. The topological polar surface area (TPSA) is 92.5 Å². The normalized spacial score (nSPS) is 22.4. The van der Waals surface area contributed by atoms with E-state index in [0.717, 1.165) is 5.56 Å². The number of fused-ring (bicyclic) bond motifs is 1. The first kappa shape index (κ1) is 11.7. The summed E-state index contributed by atoms with van der Waals surface area (Å²) in [5.74, 6) is -0.891. The van der Waals surface area contributed by atoms with Gasteiger partial charge in [-0.15, -0.1) is 0 Å². The average Bonchev–Trinajstić information content (AvgIpc) is 2.69. The fourth-order valence-corrected chi connectivity index (χ4v) is 2.61. The van der Waals surface area contributed by atoms with Gasteiger partial charge in [-0.1, -0.05) is 6.07 Å². The number of carbonyl (C=O) groups is 3. The van der Waals surface area contributed by atoms with Gasteiger partial charge in [0.15, 0.2) is 0 Å². The molecule has 3 amide bonds. The van der Waals surface area contributed by atoms with E-state index in [1.807, 2.05) is 0 Å². The van der Waals surface area contributed by atoms with Gasteiger partial charge in [-0.3, -0.25) is 19.7 Å². The number of nitrogens with zero attached hydrogens (tertiary/aromatic N) is 1. The maximum Gasteiger partial charge on any atom is 0.255 e. The smallest absolute Gasteiger partial charge is 0.255 e. The maximum absolute atomic E-state index is 12.3. The van der Waals surface area contributed by atoms with Crippen molar-refractivity contribution in [2.75, 3.05) is 5.73 Å². The summed E-state index contributed by atoms with van der Waals surface area (Å²) in [6.07, 6.45) is 0.621. The number of nitrogens with one attached hydrogen (secondary N) is 1. The number of nitrogens with two attached hydrogens (primary N) is 1. The Morgan fingerprint density at radius 1 is 1.26 bits per heavy atom. The number of rotatable bonds is 1. The van der Waals surface area contributed by atoms with E-state index < -0.39 is 11.9 Å². The number of hydrogen-bond donors (Lipinski definition) is 2. The van der Waals surface area contributed by atoms with Crippen LogP contribution in [0, 0.1) is 0 Å². The van der Waals surface area contributed by atoms with Crippen LogP contribution in [0.5, 0.6) is 0 Å². The molecule has 1 aromatic rings. The third-order valence-corrected chi connectivity index (χ3v) is 3.62. The molecule has 1 aromatic carbocycles. The zero-order chi connectivity index (χ0) is 13.6. The standard InChI is InChI=1S/C13H13N3O3/c14-9-3-1-2-7-8(9)6-16(13(7)19)10-4-5-11(17)15-12(10)18/h1-3,10H,4-6,14H2,(H,15,17,18)/i4+1. The van der Waals surface area contributed by atoms with E-state index in [1.165, 1.54) is 4.90 Å². The zero-order valence-corrected chi connectivity index (χ0v) is 10.2. The van der Waals surface area contributed by atoms with Crippen LogP contribution in [0.3, 0.4) is 0 Å². The van der Waals surface area contributed by atoms with E-state index in [-0.39, 0.29) is 18.2 Å². The van der Waals surface area contributed by atoms with E-state index >= 15 is 0 Å². The molecule has 1 fully saturated rings. The number of anilines is 1. The van der Waals surface area contributed by atoms with Crippen LogP contribution >= 0.6 is 0 Å². The fourth-order valence-electron chi connectivity index (χ4n) is 2.61. The average molecular weight is 260 g/mol. The van der Waals surface area contributed by atoms with Crippen molar-refractivity contribution in [3.05, 3.63) is 29.3 Å². The Morgan fingerprint density at radius 3 is 2.74 bits per heavy atom. The van der Waals surface area contributed by atoms with Crippen molar-refractivity contribution in [3.63, 3.8) is 0 Å². The highest BCUT2D eigenvalue weighted by atomic mass is 16.2. The molecule has 0 aliphatic carbocycles. The minimum Gasteiger partial charge on any atom is -0.398 e. The molecule has 2 heterocycles. The largest absolute Gasteiger partial charge is 0.398 e. The lowest BCUT2D eigenvalue weighted by Crippen LogP contribution is -2.52. The first-order chi connectivity index (χ1) is 9.08. The minimum absolute atomic E-state index is 0.197. The number of benzene rings is 1. The molecule has 98 valence electrons. The molecule has 1 unspecified atom stereocenters. The van der Waals surface area contributed by atoms with Crippen molar-refractivity contribution >= 4 is 23.4 Å². The molecule has 19 heavy (non-hydrogen) atoms. The first-order valence-electron chi connectivity index (χ1n) is 6.10. The van der Waals surface area contributed by atoms with Gasteiger partial charge in [-0.25, -0.2) is 0 Å². The molecule has 6 nitrogen and oxygen atoms in total. The molecule has 6 heteroatoms. The van der Waals surface area contributed by atoms with Gasteiger partial charge in [0.1, 0.15) is 6.04 Å². The number of piperidine rings is 1. The van der Waals surface area contributed by atoms with Gasteiger partial charge in [0.05, 0.1) is 0 Å². The lowest BCUT2D eigenvalue weighted by atomic mass is 10.1. The van der Waals surface area contributed by atoms with Crippen LogP contribution in [0.2, 0.25) is 0 Å². The lowest BCUT2D eigenvalue weighted by Gasteiger charge is -2.29. The predicted octanol–water partition coefficient (Wildman–Crippen LogP) is 0.0298. The summed E-state index contributed by atoms with van der Waals surface area (Å²) in [6.45, 7) is 0.327. The molecule has 0 spiro atoms. The summed E-state index contributed by atoms with van der Waals surface area (Å²) in [5.41, 5.74) is 7.71.